The number of urea groups is 1. The zero-order valence-electron chi connectivity index (χ0n) is 11.9. The van der Waals surface area contributed by atoms with Crippen molar-refractivity contribution in [3.05, 3.63) is 0 Å². The highest BCUT2D eigenvalue weighted by atomic mass is 16.3. The van der Waals surface area contributed by atoms with Gasteiger partial charge in [-0.2, -0.15) is 0 Å². The van der Waals surface area contributed by atoms with Gasteiger partial charge in [0.25, 0.3) is 0 Å². The Morgan fingerprint density at radius 3 is 2.41 bits per heavy atom. The normalized spacial score (nSPS) is 13.3. The molecule has 0 aromatic carbocycles. The molecule has 4 nitrogen and oxygen atoms in total. The van der Waals surface area contributed by atoms with Gasteiger partial charge in [0.15, 0.2) is 0 Å². The average Bonchev–Trinajstić information content (AvgIpc) is 2.24. The third-order valence-corrected chi connectivity index (χ3v) is 2.88. The molecule has 0 heterocycles. The molecule has 0 fully saturated rings. The average molecular weight is 244 g/mol. The first-order chi connectivity index (χ1) is 7.78. The van der Waals surface area contributed by atoms with Crippen molar-refractivity contribution in [2.45, 2.75) is 53.0 Å². The second kappa shape index (κ2) is 7.54. The second-order valence-electron chi connectivity index (χ2n) is 5.89. The number of amides is 2. The predicted octanol–water partition coefficient (Wildman–Crippen LogP) is 2.22. The van der Waals surface area contributed by atoms with Gasteiger partial charge in [0, 0.05) is 13.6 Å². The van der Waals surface area contributed by atoms with Crippen molar-refractivity contribution in [1.82, 2.24) is 10.2 Å². The molecule has 0 aliphatic carbocycles. The largest absolute Gasteiger partial charge is 0.394 e. The minimum Gasteiger partial charge on any atom is -0.394 e. The molecule has 0 spiro atoms. The van der Waals surface area contributed by atoms with Crippen molar-refractivity contribution < 1.29 is 9.90 Å². The quantitative estimate of drug-likeness (QED) is 0.704. The zero-order valence-corrected chi connectivity index (χ0v) is 11.9. The van der Waals surface area contributed by atoms with Gasteiger partial charge in [0.05, 0.1) is 12.6 Å². The number of nitrogens with zero attached hydrogens (tertiary/aromatic N) is 1. The van der Waals surface area contributed by atoms with Crippen LogP contribution in [-0.4, -0.2) is 42.3 Å². The van der Waals surface area contributed by atoms with Crippen LogP contribution in [0.25, 0.3) is 0 Å². The van der Waals surface area contributed by atoms with Gasteiger partial charge in [-0.3, -0.25) is 0 Å². The van der Waals surface area contributed by atoms with Gasteiger partial charge >= 0.3 is 6.03 Å². The number of unbranched alkanes of at least 4 members (excludes halogenated alkanes) is 1. The van der Waals surface area contributed by atoms with Crippen molar-refractivity contribution in [3.8, 4) is 0 Å². The Morgan fingerprint density at radius 2 is 1.94 bits per heavy atom. The molecule has 0 saturated carbocycles. The Hall–Kier alpha value is -0.770. The fraction of sp³-hybridized carbons (Fsp3) is 0.923. The van der Waals surface area contributed by atoms with E-state index in [1.807, 2.05) is 6.92 Å². The van der Waals surface area contributed by atoms with Crippen LogP contribution in [0.2, 0.25) is 0 Å². The first-order valence-corrected chi connectivity index (χ1v) is 6.39. The summed E-state index contributed by atoms with van der Waals surface area (Å²) in [6.07, 6.45) is 3.30. The van der Waals surface area contributed by atoms with Gasteiger partial charge in [-0.1, -0.05) is 27.2 Å². The number of carbonyl (C=O) groups excluding carboxylic acids is 1. The lowest BCUT2D eigenvalue weighted by molar-refractivity contribution is 0.157. The Balaban J connectivity index is 3.65. The van der Waals surface area contributed by atoms with E-state index in [2.05, 4.69) is 26.1 Å². The molecular formula is C13H28N2O2. The first kappa shape index (κ1) is 16.2. The Kier molecular flexibility index (Phi) is 7.19. The van der Waals surface area contributed by atoms with E-state index in [1.165, 1.54) is 11.3 Å². The van der Waals surface area contributed by atoms with Gasteiger partial charge < -0.3 is 15.3 Å². The minimum absolute atomic E-state index is 0.00601. The molecule has 0 radical (unpaired) electrons. The summed E-state index contributed by atoms with van der Waals surface area (Å²) in [7, 11) is 1.70. The monoisotopic (exact) mass is 244 g/mol. The first-order valence-electron chi connectivity index (χ1n) is 6.39. The van der Waals surface area contributed by atoms with E-state index in [-0.39, 0.29) is 18.7 Å². The molecule has 2 N–H and O–H groups in total. The number of carbonyl (C=O) groups is 1. The van der Waals surface area contributed by atoms with Crippen molar-refractivity contribution in [2.75, 3.05) is 20.2 Å². The standard InChI is InChI=1S/C13H28N2O2/c1-11(10-16)15(5)12(17)14-9-7-6-8-13(2,3)4/h11,16H,6-10H2,1-5H3,(H,14,17). The van der Waals surface area contributed by atoms with Crippen LogP contribution in [0.1, 0.15) is 47.0 Å². The molecule has 0 aromatic rings. The molecule has 1 atom stereocenters. The summed E-state index contributed by atoms with van der Waals surface area (Å²) in [4.78, 5) is 13.1. The van der Waals surface area contributed by atoms with Crippen molar-refractivity contribution in [3.63, 3.8) is 0 Å². The highest BCUT2D eigenvalue weighted by Crippen LogP contribution is 2.21. The molecule has 1 unspecified atom stereocenters. The van der Waals surface area contributed by atoms with Gasteiger partial charge in [-0.25, -0.2) is 4.79 Å². The van der Waals surface area contributed by atoms with Gasteiger partial charge in [0.2, 0.25) is 0 Å². The summed E-state index contributed by atoms with van der Waals surface area (Å²) >= 11 is 0. The topological polar surface area (TPSA) is 52.6 Å². The van der Waals surface area contributed by atoms with E-state index >= 15 is 0 Å². The SMILES string of the molecule is CC(CO)N(C)C(=O)NCCCCC(C)(C)C. The Bertz CT molecular complexity index is 224. The molecule has 102 valence electrons. The fourth-order valence-electron chi connectivity index (χ4n) is 1.42. The van der Waals surface area contributed by atoms with E-state index in [4.69, 9.17) is 5.11 Å². The summed E-state index contributed by atoms with van der Waals surface area (Å²) in [5.74, 6) is 0. The van der Waals surface area contributed by atoms with E-state index in [9.17, 15) is 4.79 Å². The van der Waals surface area contributed by atoms with Crippen LogP contribution in [0, 0.1) is 5.41 Å². The molecular weight excluding hydrogens is 216 g/mol. The summed E-state index contributed by atoms with van der Waals surface area (Å²) in [5, 5.41) is 11.8. The van der Waals surface area contributed by atoms with Crippen LogP contribution in [0.4, 0.5) is 4.79 Å². The maximum atomic E-state index is 11.6. The van der Waals surface area contributed by atoms with Crippen LogP contribution in [-0.2, 0) is 0 Å². The fourth-order valence-corrected chi connectivity index (χ4v) is 1.42. The summed E-state index contributed by atoms with van der Waals surface area (Å²) in [5.41, 5.74) is 0.367. The number of hydrogen-bond donors (Lipinski definition) is 2. The summed E-state index contributed by atoms with van der Waals surface area (Å²) in [6, 6.07) is -0.244. The van der Waals surface area contributed by atoms with E-state index in [1.54, 1.807) is 7.05 Å². The van der Waals surface area contributed by atoms with E-state index in [0.29, 0.717) is 12.0 Å². The van der Waals surface area contributed by atoms with Crippen LogP contribution in [0.15, 0.2) is 0 Å². The predicted molar refractivity (Wildman–Crippen MR) is 71.0 cm³/mol. The van der Waals surface area contributed by atoms with E-state index < -0.39 is 0 Å². The maximum Gasteiger partial charge on any atom is 0.317 e. The van der Waals surface area contributed by atoms with Gasteiger partial charge in [0.1, 0.15) is 0 Å². The summed E-state index contributed by atoms with van der Waals surface area (Å²) < 4.78 is 0. The molecule has 4 heteroatoms. The van der Waals surface area contributed by atoms with Crippen LogP contribution in [0.3, 0.4) is 0 Å². The molecule has 17 heavy (non-hydrogen) atoms. The number of hydrogen-bond acceptors (Lipinski definition) is 2. The number of rotatable bonds is 6. The smallest absolute Gasteiger partial charge is 0.317 e. The lowest BCUT2D eigenvalue weighted by atomic mass is 9.90. The number of aliphatic hydroxyl groups is 1. The van der Waals surface area contributed by atoms with Crippen LogP contribution < -0.4 is 5.32 Å². The van der Waals surface area contributed by atoms with Crippen molar-refractivity contribution in [2.24, 2.45) is 5.41 Å². The molecule has 0 rings (SSSR count). The Morgan fingerprint density at radius 1 is 1.35 bits per heavy atom. The molecule has 0 saturated heterocycles. The van der Waals surface area contributed by atoms with Gasteiger partial charge in [-0.05, 0) is 25.2 Å². The van der Waals surface area contributed by atoms with Crippen LogP contribution in [0.5, 0.6) is 0 Å². The lowest BCUT2D eigenvalue weighted by Crippen LogP contribution is -2.44. The third-order valence-electron chi connectivity index (χ3n) is 2.88. The van der Waals surface area contributed by atoms with Crippen LogP contribution >= 0.6 is 0 Å². The highest BCUT2D eigenvalue weighted by Gasteiger charge is 2.14. The molecule has 0 aliphatic heterocycles. The molecule has 0 aromatic heterocycles. The zero-order chi connectivity index (χ0) is 13.5. The minimum atomic E-state index is -0.135. The molecule has 0 bridgehead atoms. The second-order valence-corrected chi connectivity index (χ2v) is 5.89. The molecule has 2 amide bonds. The number of likely N-dealkylation sites (N-methyl/N-ethyl adjacent to an activating group) is 1. The maximum absolute atomic E-state index is 11.6. The highest BCUT2D eigenvalue weighted by molar-refractivity contribution is 5.74. The Labute approximate surface area is 105 Å². The van der Waals surface area contributed by atoms with Crippen molar-refractivity contribution in [1.29, 1.82) is 0 Å². The van der Waals surface area contributed by atoms with Crippen molar-refractivity contribution >= 4 is 6.03 Å². The number of aliphatic hydroxyl groups excluding tert-OH is 1. The third kappa shape index (κ3) is 8.02. The summed E-state index contributed by atoms with van der Waals surface area (Å²) in [6.45, 7) is 9.19. The lowest BCUT2D eigenvalue weighted by Gasteiger charge is -2.23. The van der Waals surface area contributed by atoms with Gasteiger partial charge in [-0.15, -0.1) is 0 Å². The molecule has 0 aliphatic rings. The van der Waals surface area contributed by atoms with E-state index in [0.717, 1.165) is 12.8 Å². The number of nitrogens with one attached hydrogen (secondary N) is 1.